The van der Waals surface area contributed by atoms with Crippen molar-refractivity contribution in [2.24, 2.45) is 0 Å². The summed E-state index contributed by atoms with van der Waals surface area (Å²) >= 11 is 3.35. The fraction of sp³-hybridized carbons (Fsp3) is 0.217. The molecule has 0 fully saturated rings. The Kier molecular flexibility index (Phi) is 7.68. The molecule has 0 spiro atoms. The minimum absolute atomic E-state index is 0.230. The predicted molar refractivity (Wildman–Crippen MR) is 120 cm³/mol. The number of benzene rings is 3. The van der Waals surface area contributed by atoms with Crippen molar-refractivity contribution >= 4 is 38.5 Å². The number of hydrogen-bond acceptors (Lipinski definition) is 4. The number of hydrogen-bond donors (Lipinski definition) is 2. The fourth-order valence-corrected chi connectivity index (χ4v) is 3.19. The van der Waals surface area contributed by atoms with Crippen molar-refractivity contribution in [3.63, 3.8) is 0 Å². The van der Waals surface area contributed by atoms with Crippen LogP contribution in [0.1, 0.15) is 30.1 Å². The Labute approximate surface area is 183 Å². The number of fused-ring (bicyclic) bond motifs is 1. The summed E-state index contributed by atoms with van der Waals surface area (Å²) in [7, 11) is 0. The number of carbonyl (C=O) groups is 2. The Balaban J connectivity index is 1.57. The molecule has 7 heteroatoms. The lowest BCUT2D eigenvalue weighted by Crippen LogP contribution is -2.44. The van der Waals surface area contributed by atoms with Gasteiger partial charge in [-0.25, -0.2) is 0 Å². The van der Waals surface area contributed by atoms with Gasteiger partial charge in [-0.1, -0.05) is 65.7 Å². The summed E-state index contributed by atoms with van der Waals surface area (Å²) in [4.78, 5) is 24.7. The van der Waals surface area contributed by atoms with Gasteiger partial charge in [-0.15, -0.1) is 0 Å². The molecule has 0 heterocycles. The molecule has 0 unspecified atom stereocenters. The third-order valence-corrected chi connectivity index (χ3v) is 4.86. The number of carbonyl (C=O) groups excluding carboxylic acids is 2. The van der Waals surface area contributed by atoms with Crippen LogP contribution in [0.15, 0.2) is 65.1 Å². The Morgan fingerprint density at radius 3 is 2.57 bits per heavy atom. The number of rotatable bonds is 8. The standard InChI is InChI=1S/C23H23BrN2O4/c1-2-3-13-29-21-12-11-17(24)14-19(21)23(28)26-25-22(27)15-30-20-10-6-8-16-7-4-5-9-18(16)20/h4-12,14H,2-3,13,15H2,1H3,(H,25,27)(H,26,28). The van der Waals surface area contributed by atoms with Crippen molar-refractivity contribution in [3.8, 4) is 11.5 Å². The van der Waals surface area contributed by atoms with Crippen molar-refractivity contribution in [1.29, 1.82) is 0 Å². The van der Waals surface area contributed by atoms with Gasteiger partial charge >= 0.3 is 0 Å². The van der Waals surface area contributed by atoms with Crippen LogP contribution in [0.4, 0.5) is 0 Å². The number of hydrazine groups is 1. The second-order valence-electron chi connectivity index (χ2n) is 6.61. The maximum atomic E-state index is 12.5. The highest BCUT2D eigenvalue weighted by Gasteiger charge is 2.15. The van der Waals surface area contributed by atoms with E-state index < -0.39 is 11.8 Å². The third-order valence-electron chi connectivity index (χ3n) is 4.37. The van der Waals surface area contributed by atoms with E-state index in [-0.39, 0.29) is 6.61 Å². The molecule has 0 saturated carbocycles. The normalized spacial score (nSPS) is 10.5. The minimum Gasteiger partial charge on any atom is -0.493 e. The summed E-state index contributed by atoms with van der Waals surface area (Å²) < 4.78 is 12.1. The van der Waals surface area contributed by atoms with E-state index in [0.29, 0.717) is 23.7 Å². The number of unbranched alkanes of at least 4 members (excludes halogenated alkanes) is 1. The fourth-order valence-electron chi connectivity index (χ4n) is 2.83. The molecular weight excluding hydrogens is 448 g/mol. The first-order valence-electron chi connectivity index (χ1n) is 9.70. The molecule has 2 N–H and O–H groups in total. The van der Waals surface area contributed by atoms with Gasteiger partial charge in [-0.2, -0.15) is 0 Å². The second-order valence-corrected chi connectivity index (χ2v) is 7.53. The monoisotopic (exact) mass is 470 g/mol. The van der Waals surface area contributed by atoms with Crippen molar-refractivity contribution in [2.45, 2.75) is 19.8 Å². The highest BCUT2D eigenvalue weighted by Crippen LogP contribution is 2.25. The lowest BCUT2D eigenvalue weighted by Gasteiger charge is -2.13. The summed E-state index contributed by atoms with van der Waals surface area (Å²) in [6.07, 6.45) is 1.88. The lowest BCUT2D eigenvalue weighted by atomic mass is 10.1. The van der Waals surface area contributed by atoms with E-state index in [0.717, 1.165) is 28.1 Å². The van der Waals surface area contributed by atoms with E-state index in [2.05, 4.69) is 33.7 Å². The SMILES string of the molecule is CCCCOc1ccc(Br)cc1C(=O)NNC(=O)COc1cccc2ccccc12. The Morgan fingerprint density at radius 1 is 0.933 bits per heavy atom. The van der Waals surface area contributed by atoms with E-state index in [1.807, 2.05) is 36.4 Å². The first kappa shape index (κ1) is 21.6. The molecule has 0 aliphatic carbocycles. The van der Waals surface area contributed by atoms with Gasteiger partial charge in [-0.05, 0) is 36.1 Å². The van der Waals surface area contributed by atoms with Crippen LogP contribution in [0.2, 0.25) is 0 Å². The maximum absolute atomic E-state index is 12.5. The molecule has 3 rings (SSSR count). The number of nitrogens with one attached hydrogen (secondary N) is 2. The molecule has 0 aliphatic rings. The highest BCUT2D eigenvalue weighted by molar-refractivity contribution is 9.10. The molecule has 3 aromatic carbocycles. The van der Waals surface area contributed by atoms with Gasteiger partial charge in [0.15, 0.2) is 6.61 Å². The number of halogens is 1. The summed E-state index contributed by atoms with van der Waals surface area (Å²) in [5.41, 5.74) is 5.12. The zero-order valence-electron chi connectivity index (χ0n) is 16.6. The van der Waals surface area contributed by atoms with Crippen LogP contribution in [-0.2, 0) is 4.79 Å². The van der Waals surface area contributed by atoms with E-state index >= 15 is 0 Å². The van der Waals surface area contributed by atoms with Gasteiger partial charge in [0.25, 0.3) is 11.8 Å². The van der Waals surface area contributed by atoms with Gasteiger partial charge in [0.05, 0.1) is 12.2 Å². The van der Waals surface area contributed by atoms with Crippen LogP contribution in [0.25, 0.3) is 10.8 Å². The number of amides is 2. The number of ether oxygens (including phenoxy) is 2. The lowest BCUT2D eigenvalue weighted by molar-refractivity contribution is -0.123. The molecule has 0 aliphatic heterocycles. The molecule has 156 valence electrons. The molecule has 0 aromatic heterocycles. The highest BCUT2D eigenvalue weighted by atomic mass is 79.9. The predicted octanol–water partition coefficient (Wildman–Crippen LogP) is 4.62. The molecule has 0 atom stereocenters. The maximum Gasteiger partial charge on any atom is 0.276 e. The Bertz CT molecular complexity index is 1030. The Morgan fingerprint density at radius 2 is 1.73 bits per heavy atom. The van der Waals surface area contributed by atoms with Crippen molar-refractivity contribution in [1.82, 2.24) is 10.9 Å². The van der Waals surface area contributed by atoms with Crippen LogP contribution in [-0.4, -0.2) is 25.0 Å². The molecule has 30 heavy (non-hydrogen) atoms. The summed E-state index contributed by atoms with van der Waals surface area (Å²) in [5.74, 6) is 0.125. The zero-order valence-corrected chi connectivity index (χ0v) is 18.2. The summed E-state index contributed by atoms with van der Waals surface area (Å²) in [6, 6.07) is 18.6. The summed E-state index contributed by atoms with van der Waals surface area (Å²) in [5, 5.41) is 1.94. The average Bonchev–Trinajstić information content (AvgIpc) is 2.77. The Hall–Kier alpha value is -3.06. The van der Waals surface area contributed by atoms with E-state index in [1.165, 1.54) is 0 Å². The van der Waals surface area contributed by atoms with Crippen molar-refractivity contribution < 1.29 is 19.1 Å². The summed E-state index contributed by atoms with van der Waals surface area (Å²) in [6.45, 7) is 2.35. The molecule has 2 amide bonds. The largest absolute Gasteiger partial charge is 0.493 e. The molecule has 0 saturated heterocycles. The topological polar surface area (TPSA) is 76.7 Å². The third kappa shape index (κ3) is 5.73. The smallest absolute Gasteiger partial charge is 0.276 e. The quantitative estimate of drug-likeness (QED) is 0.371. The van der Waals surface area contributed by atoms with Gasteiger partial charge in [0.2, 0.25) is 0 Å². The molecule has 0 radical (unpaired) electrons. The van der Waals surface area contributed by atoms with Crippen LogP contribution in [0.5, 0.6) is 11.5 Å². The van der Waals surface area contributed by atoms with Crippen LogP contribution >= 0.6 is 15.9 Å². The second kappa shape index (κ2) is 10.6. The van der Waals surface area contributed by atoms with Gasteiger partial charge in [0, 0.05) is 9.86 Å². The molecule has 0 bridgehead atoms. The van der Waals surface area contributed by atoms with Gasteiger partial charge in [0.1, 0.15) is 11.5 Å². The van der Waals surface area contributed by atoms with Crippen LogP contribution in [0.3, 0.4) is 0 Å². The van der Waals surface area contributed by atoms with E-state index in [1.54, 1.807) is 24.3 Å². The molecular formula is C23H23BrN2O4. The zero-order chi connectivity index (χ0) is 21.3. The minimum atomic E-state index is -0.472. The van der Waals surface area contributed by atoms with Gasteiger partial charge < -0.3 is 9.47 Å². The molecule has 3 aromatic rings. The van der Waals surface area contributed by atoms with Crippen molar-refractivity contribution in [3.05, 3.63) is 70.7 Å². The van der Waals surface area contributed by atoms with Crippen LogP contribution < -0.4 is 20.3 Å². The van der Waals surface area contributed by atoms with Gasteiger partial charge in [-0.3, -0.25) is 20.4 Å². The first-order valence-corrected chi connectivity index (χ1v) is 10.5. The van der Waals surface area contributed by atoms with Crippen LogP contribution in [0, 0.1) is 0 Å². The first-order chi connectivity index (χ1) is 14.6. The van der Waals surface area contributed by atoms with E-state index in [9.17, 15) is 9.59 Å². The van der Waals surface area contributed by atoms with Crippen molar-refractivity contribution in [2.75, 3.05) is 13.2 Å². The average molecular weight is 471 g/mol. The van der Waals surface area contributed by atoms with E-state index in [4.69, 9.17) is 9.47 Å². The molecule has 6 nitrogen and oxygen atoms in total.